The van der Waals surface area contributed by atoms with E-state index in [0.717, 1.165) is 6.42 Å². The number of nitrogens with two attached hydrogens (primary N) is 1. The van der Waals surface area contributed by atoms with Crippen LogP contribution in [0.5, 0.6) is 0 Å². The predicted molar refractivity (Wildman–Crippen MR) is 136 cm³/mol. The monoisotopic (exact) mass is 497 g/mol. The lowest BCUT2D eigenvalue weighted by Crippen LogP contribution is -2.43. The van der Waals surface area contributed by atoms with Crippen LogP contribution in [0.15, 0.2) is 56.7 Å². The van der Waals surface area contributed by atoms with Crippen LogP contribution in [0.3, 0.4) is 0 Å². The molecular weight excluding hydrogens is 466 g/mol. The van der Waals surface area contributed by atoms with E-state index >= 15 is 0 Å². The number of hydrogen-bond donors (Lipinski definition) is 3. The van der Waals surface area contributed by atoms with Crippen LogP contribution >= 0.6 is 0 Å². The van der Waals surface area contributed by atoms with Crippen molar-refractivity contribution in [3.63, 3.8) is 0 Å². The minimum absolute atomic E-state index is 0.103. The van der Waals surface area contributed by atoms with Crippen LogP contribution in [0.4, 0.5) is 17.2 Å². The van der Waals surface area contributed by atoms with Crippen molar-refractivity contribution in [1.82, 2.24) is 9.55 Å². The molecule has 1 amide bonds. The van der Waals surface area contributed by atoms with Gasteiger partial charge in [0.2, 0.25) is 0 Å². The second-order valence-corrected chi connectivity index (χ2v) is 8.10. The summed E-state index contributed by atoms with van der Waals surface area (Å²) in [7, 11) is 0. The second-order valence-electron chi connectivity index (χ2n) is 8.10. The van der Waals surface area contributed by atoms with Gasteiger partial charge in [-0.25, -0.2) is 9.59 Å². The van der Waals surface area contributed by atoms with Crippen LogP contribution in [-0.4, -0.2) is 34.6 Å². The summed E-state index contributed by atoms with van der Waals surface area (Å²) in [4.78, 5) is 54.2. The van der Waals surface area contributed by atoms with Crippen molar-refractivity contribution in [2.45, 2.75) is 46.2 Å². The predicted octanol–water partition coefficient (Wildman–Crippen LogP) is 2.72. The topological polar surface area (TPSA) is 153 Å². The van der Waals surface area contributed by atoms with E-state index in [9.17, 15) is 19.2 Å². The molecule has 0 bridgehead atoms. The Kier molecular flexibility index (Phi) is 9.09. The van der Waals surface area contributed by atoms with Crippen LogP contribution in [0.2, 0.25) is 0 Å². The fourth-order valence-electron chi connectivity index (χ4n) is 3.65. The number of H-pyrrole nitrogens is 1. The molecule has 36 heavy (non-hydrogen) atoms. The number of nitrogens with one attached hydrogen (secondary N) is 2. The summed E-state index contributed by atoms with van der Waals surface area (Å²) >= 11 is 0. The first kappa shape index (κ1) is 26.3. The lowest BCUT2D eigenvalue weighted by atomic mass is 10.2. The Bertz CT molecular complexity index is 1300. The van der Waals surface area contributed by atoms with Gasteiger partial charge in [-0.2, -0.15) is 0 Å². The third-order valence-electron chi connectivity index (χ3n) is 5.47. The van der Waals surface area contributed by atoms with Crippen LogP contribution in [-0.2, 0) is 22.6 Å². The van der Waals surface area contributed by atoms with E-state index in [0.29, 0.717) is 30.8 Å². The normalized spacial score (nSPS) is 10.7. The molecule has 11 nitrogen and oxygen atoms in total. The Balaban J connectivity index is 1.78. The number of carbonyl (C=O) groups is 2. The summed E-state index contributed by atoms with van der Waals surface area (Å²) in [5, 5.41) is 3.11. The molecule has 2 aromatic heterocycles. The highest BCUT2D eigenvalue weighted by atomic mass is 16.5. The number of furan rings is 1. The van der Waals surface area contributed by atoms with Gasteiger partial charge in [0, 0.05) is 18.8 Å². The molecule has 0 atom stereocenters. The molecule has 0 aliphatic carbocycles. The van der Waals surface area contributed by atoms with E-state index in [1.54, 1.807) is 42.7 Å². The van der Waals surface area contributed by atoms with Gasteiger partial charge in [-0.05, 0) is 37.1 Å². The zero-order valence-electron chi connectivity index (χ0n) is 20.4. The first-order valence-electron chi connectivity index (χ1n) is 11.8. The Labute approximate surface area is 207 Å². The zero-order valence-corrected chi connectivity index (χ0v) is 20.4. The summed E-state index contributed by atoms with van der Waals surface area (Å²) < 4.78 is 11.8. The molecule has 3 aromatic rings. The summed E-state index contributed by atoms with van der Waals surface area (Å²) in [5.41, 5.74) is 5.36. The van der Waals surface area contributed by atoms with Gasteiger partial charge in [-0.3, -0.25) is 19.1 Å². The molecule has 4 N–H and O–H groups in total. The van der Waals surface area contributed by atoms with Gasteiger partial charge in [0.05, 0.1) is 18.4 Å². The minimum atomic E-state index is -0.770. The van der Waals surface area contributed by atoms with Crippen LogP contribution in [0, 0.1) is 0 Å². The standard InChI is InChI=1S/C25H31N5O6/c1-3-5-13-29(21-22(26)30(12-4-2)25(34)28-23(21)32)20(31)16-36-24(33)18-10-6-7-11-19(18)27-15-17-9-8-14-35-17/h6-11,14,27H,3-5,12-13,15-16,26H2,1-2H3,(H,28,32,34). The van der Waals surface area contributed by atoms with Gasteiger partial charge in [0.25, 0.3) is 11.5 Å². The van der Waals surface area contributed by atoms with Crippen molar-refractivity contribution in [3.05, 3.63) is 74.8 Å². The third-order valence-corrected chi connectivity index (χ3v) is 5.47. The molecule has 0 aliphatic rings. The Morgan fingerprint density at radius 1 is 1.14 bits per heavy atom. The molecular formula is C25H31N5O6. The van der Waals surface area contributed by atoms with E-state index in [1.165, 1.54) is 9.47 Å². The molecule has 0 radical (unpaired) electrons. The quantitative estimate of drug-likeness (QED) is 0.323. The smallest absolute Gasteiger partial charge is 0.340 e. The van der Waals surface area contributed by atoms with Gasteiger partial charge in [-0.1, -0.05) is 32.4 Å². The number of aromatic amines is 1. The largest absolute Gasteiger partial charge is 0.467 e. The molecule has 1 aromatic carbocycles. The molecule has 0 fully saturated rings. The lowest BCUT2D eigenvalue weighted by Gasteiger charge is -2.24. The first-order chi connectivity index (χ1) is 17.4. The summed E-state index contributed by atoms with van der Waals surface area (Å²) in [6.45, 7) is 3.99. The number of hydrogen-bond acceptors (Lipinski definition) is 8. The van der Waals surface area contributed by atoms with E-state index in [1.807, 2.05) is 13.8 Å². The number of benzene rings is 1. The van der Waals surface area contributed by atoms with Gasteiger partial charge in [0.1, 0.15) is 11.6 Å². The molecule has 3 rings (SSSR count). The molecule has 11 heteroatoms. The molecule has 2 heterocycles. The number of ether oxygens (including phenoxy) is 1. The summed E-state index contributed by atoms with van der Waals surface area (Å²) in [6, 6.07) is 10.3. The van der Waals surface area contributed by atoms with Crippen molar-refractivity contribution in [3.8, 4) is 0 Å². The van der Waals surface area contributed by atoms with Crippen molar-refractivity contribution in [1.29, 1.82) is 0 Å². The van der Waals surface area contributed by atoms with Crippen molar-refractivity contribution >= 4 is 29.1 Å². The highest BCUT2D eigenvalue weighted by molar-refractivity contribution is 6.00. The number of unbranched alkanes of at least 4 members (excludes halogenated alkanes) is 1. The third kappa shape index (κ3) is 6.23. The van der Waals surface area contributed by atoms with Gasteiger partial charge < -0.3 is 25.1 Å². The van der Waals surface area contributed by atoms with Crippen LogP contribution < -0.4 is 27.2 Å². The number of aromatic nitrogens is 2. The maximum atomic E-state index is 13.1. The molecule has 0 unspecified atom stereocenters. The Morgan fingerprint density at radius 2 is 1.92 bits per heavy atom. The number of esters is 1. The van der Waals surface area contributed by atoms with Crippen molar-refractivity contribution < 1.29 is 18.7 Å². The number of amides is 1. The number of anilines is 3. The highest BCUT2D eigenvalue weighted by Crippen LogP contribution is 2.20. The molecule has 0 saturated heterocycles. The van der Waals surface area contributed by atoms with E-state index in [2.05, 4.69) is 10.3 Å². The number of carbonyl (C=O) groups excluding carboxylic acids is 2. The van der Waals surface area contributed by atoms with Gasteiger partial charge in [0.15, 0.2) is 12.3 Å². The molecule has 0 spiro atoms. The fraction of sp³-hybridized carbons (Fsp3) is 0.360. The van der Waals surface area contributed by atoms with Crippen molar-refractivity contribution in [2.75, 3.05) is 29.1 Å². The highest BCUT2D eigenvalue weighted by Gasteiger charge is 2.25. The summed E-state index contributed by atoms with van der Waals surface area (Å²) in [5.74, 6) is -0.753. The maximum absolute atomic E-state index is 13.1. The van der Waals surface area contributed by atoms with Crippen LogP contribution in [0.1, 0.15) is 49.2 Å². The average Bonchev–Trinajstić information content (AvgIpc) is 3.39. The van der Waals surface area contributed by atoms with Crippen LogP contribution in [0.25, 0.3) is 0 Å². The lowest BCUT2D eigenvalue weighted by molar-refractivity contribution is -0.121. The number of rotatable bonds is 12. The van der Waals surface area contributed by atoms with E-state index < -0.39 is 29.7 Å². The van der Waals surface area contributed by atoms with E-state index in [-0.39, 0.29) is 30.2 Å². The second kappa shape index (κ2) is 12.4. The fourth-order valence-corrected chi connectivity index (χ4v) is 3.65. The van der Waals surface area contributed by atoms with Crippen molar-refractivity contribution in [2.24, 2.45) is 0 Å². The minimum Gasteiger partial charge on any atom is -0.467 e. The Morgan fingerprint density at radius 3 is 2.61 bits per heavy atom. The zero-order chi connectivity index (χ0) is 26.1. The number of para-hydroxylation sites is 1. The number of nitrogens with zero attached hydrogens (tertiary/aromatic N) is 2. The van der Waals surface area contributed by atoms with Gasteiger partial charge >= 0.3 is 11.7 Å². The Hall–Kier alpha value is -4.28. The maximum Gasteiger partial charge on any atom is 0.340 e. The molecule has 0 saturated carbocycles. The molecule has 0 aliphatic heterocycles. The summed E-state index contributed by atoms with van der Waals surface area (Å²) in [6.07, 6.45) is 3.47. The average molecular weight is 498 g/mol. The SMILES string of the molecule is CCCCN(C(=O)COC(=O)c1ccccc1NCc1ccco1)c1c(N)n(CCC)c(=O)[nH]c1=O. The molecule has 192 valence electrons. The van der Waals surface area contributed by atoms with E-state index in [4.69, 9.17) is 14.9 Å². The first-order valence-corrected chi connectivity index (χ1v) is 11.8. The van der Waals surface area contributed by atoms with Gasteiger partial charge in [-0.15, -0.1) is 0 Å². The number of nitrogen functional groups attached to an aromatic ring is 1.